The lowest BCUT2D eigenvalue weighted by Gasteiger charge is -2.06. The highest BCUT2D eigenvalue weighted by Gasteiger charge is 2.31. The molecule has 0 spiro atoms. The molecule has 0 bridgehead atoms. The summed E-state index contributed by atoms with van der Waals surface area (Å²) >= 11 is 0. The molecule has 7 nitrogen and oxygen atoms in total. The maximum Gasteiger partial charge on any atom is 0.294 e. The first-order valence-electron chi connectivity index (χ1n) is 21.4. The van der Waals surface area contributed by atoms with Crippen molar-refractivity contribution in [3.8, 4) is 29.0 Å². The molecule has 1 aliphatic carbocycles. The number of carbonyl (C=O) groups excluding carboxylic acids is 2. The predicted molar refractivity (Wildman–Crippen MR) is 244 cm³/mol. The summed E-state index contributed by atoms with van der Waals surface area (Å²) < 4.78 is 11.2. The third-order valence-corrected chi connectivity index (χ3v) is 10.8. The van der Waals surface area contributed by atoms with Gasteiger partial charge in [0.1, 0.15) is 11.0 Å². The molecule has 1 aliphatic rings. The van der Waals surface area contributed by atoms with Crippen molar-refractivity contribution in [3.63, 3.8) is 0 Å². The zero-order valence-corrected chi connectivity index (χ0v) is 37.6. The Bertz CT molecular complexity index is 2170. The van der Waals surface area contributed by atoms with Crippen molar-refractivity contribution in [3.05, 3.63) is 109 Å². The van der Waals surface area contributed by atoms with E-state index < -0.39 is 23.5 Å². The number of carbonyl (C=O) groups is 2. The van der Waals surface area contributed by atoms with Gasteiger partial charge in [-0.15, -0.1) is 0 Å². The first kappa shape index (κ1) is 48.3. The Morgan fingerprint density at radius 1 is 0.508 bits per heavy atom. The van der Waals surface area contributed by atoms with Gasteiger partial charge in [-0.05, 0) is 153 Å². The van der Waals surface area contributed by atoms with Crippen LogP contribution < -0.4 is 10.6 Å². The maximum atomic E-state index is 13.1. The van der Waals surface area contributed by atoms with Gasteiger partial charge in [-0.1, -0.05) is 93.2 Å². The van der Waals surface area contributed by atoms with E-state index in [0.29, 0.717) is 0 Å². The third-order valence-electron chi connectivity index (χ3n) is 10.8. The molecule has 2 heterocycles. The predicted octanol–water partition coefficient (Wildman–Crippen LogP) is 13.0. The topological polar surface area (TPSA) is 121 Å². The molecule has 320 valence electrons. The minimum Gasteiger partial charge on any atom is -0.504 e. The zero-order valence-electron chi connectivity index (χ0n) is 37.6. The van der Waals surface area contributed by atoms with Crippen LogP contribution in [0.5, 0.6) is 17.6 Å². The van der Waals surface area contributed by atoms with Gasteiger partial charge in [-0.2, -0.15) is 0 Å². The van der Waals surface area contributed by atoms with Crippen LogP contribution in [0.3, 0.4) is 0 Å². The Kier molecular flexibility index (Phi) is 19.8. The van der Waals surface area contributed by atoms with Gasteiger partial charge in [0.2, 0.25) is 11.6 Å². The van der Waals surface area contributed by atoms with Crippen LogP contribution in [0.25, 0.3) is 23.0 Å². The Hall–Kier alpha value is -5.04. The second-order valence-electron chi connectivity index (χ2n) is 16.9. The van der Waals surface area contributed by atoms with Crippen LogP contribution in [-0.4, -0.2) is 26.9 Å². The summed E-state index contributed by atoms with van der Waals surface area (Å²) in [4.78, 5) is 26.0. The molecular weight excluding hydrogens is 737 g/mol. The van der Waals surface area contributed by atoms with Crippen LogP contribution in [0.1, 0.15) is 158 Å². The molecule has 0 aliphatic heterocycles. The second kappa shape index (κ2) is 24.1. The molecule has 0 saturated carbocycles. The second-order valence-corrected chi connectivity index (χ2v) is 16.9. The average Bonchev–Trinajstić information content (AvgIpc) is 3.62. The molecule has 2 aromatic rings. The molecule has 3 rings (SSSR count). The number of aromatic hydroxyl groups is 3. The van der Waals surface area contributed by atoms with Gasteiger partial charge >= 0.3 is 0 Å². The highest BCUT2D eigenvalue weighted by Crippen LogP contribution is 2.43. The molecule has 2 aromatic heterocycles. The molecule has 0 radical (unpaired) electrons. The summed E-state index contributed by atoms with van der Waals surface area (Å²) in [5.41, 5.74) is 10.6. The van der Waals surface area contributed by atoms with Gasteiger partial charge in [0.25, 0.3) is 11.9 Å². The van der Waals surface area contributed by atoms with Crippen molar-refractivity contribution in [2.75, 3.05) is 0 Å². The van der Waals surface area contributed by atoms with Crippen LogP contribution in [0.4, 0.5) is 0 Å². The Balaban J connectivity index is 1.66. The molecule has 0 amide bonds. The van der Waals surface area contributed by atoms with Crippen molar-refractivity contribution in [2.24, 2.45) is 0 Å². The van der Waals surface area contributed by atoms with Crippen LogP contribution in [-0.2, 0) is 16.0 Å². The maximum absolute atomic E-state index is 13.1. The zero-order chi connectivity index (χ0) is 43.6. The van der Waals surface area contributed by atoms with Gasteiger partial charge in [-0.3, -0.25) is 9.59 Å². The summed E-state index contributed by atoms with van der Waals surface area (Å²) in [5.74, 6) is -3.19. The van der Waals surface area contributed by atoms with Crippen LogP contribution >= 0.6 is 0 Å². The van der Waals surface area contributed by atoms with Crippen molar-refractivity contribution < 1.29 is 33.7 Å². The molecular formula is C52H70O7. The van der Waals surface area contributed by atoms with Gasteiger partial charge in [-0.25, -0.2) is 0 Å². The van der Waals surface area contributed by atoms with Crippen molar-refractivity contribution in [1.29, 1.82) is 0 Å². The molecule has 0 fully saturated rings. The molecule has 0 unspecified atom stereocenters. The van der Waals surface area contributed by atoms with Crippen LogP contribution in [0.2, 0.25) is 0 Å². The summed E-state index contributed by atoms with van der Waals surface area (Å²) in [7, 11) is 0. The first-order chi connectivity index (χ1) is 28.0. The lowest BCUT2D eigenvalue weighted by Crippen LogP contribution is -2.35. The van der Waals surface area contributed by atoms with Gasteiger partial charge in [0, 0.05) is 17.7 Å². The number of hydrogen-bond acceptors (Lipinski definition) is 7. The number of allylic oxidation sites excluding steroid dienone is 16. The average molecular weight is 807 g/mol. The summed E-state index contributed by atoms with van der Waals surface area (Å²) in [6, 6.07) is 0. The number of Topliss-reactive ketones (excluding diaryl/α,β-unsaturated/α-hetero) is 2. The van der Waals surface area contributed by atoms with E-state index in [2.05, 4.69) is 91.8 Å². The van der Waals surface area contributed by atoms with Crippen molar-refractivity contribution in [2.45, 2.75) is 159 Å². The van der Waals surface area contributed by atoms with Crippen molar-refractivity contribution >= 4 is 23.2 Å². The summed E-state index contributed by atoms with van der Waals surface area (Å²) in [6.07, 6.45) is 30.8. The van der Waals surface area contributed by atoms with Crippen LogP contribution in [0, 0.1) is 0 Å². The summed E-state index contributed by atoms with van der Waals surface area (Å²) in [5, 5.41) is 33.0. The first-order valence-corrected chi connectivity index (χ1v) is 21.4. The van der Waals surface area contributed by atoms with Crippen molar-refractivity contribution in [1.82, 2.24) is 0 Å². The lowest BCUT2D eigenvalue weighted by atomic mass is 9.96. The Morgan fingerprint density at radius 2 is 0.898 bits per heavy atom. The lowest BCUT2D eigenvalue weighted by molar-refractivity contribution is -0.129. The molecule has 7 heteroatoms. The largest absolute Gasteiger partial charge is 0.504 e. The van der Waals surface area contributed by atoms with E-state index in [4.69, 9.17) is 8.83 Å². The van der Waals surface area contributed by atoms with E-state index >= 15 is 0 Å². The van der Waals surface area contributed by atoms with Crippen LogP contribution in [0.15, 0.2) is 102 Å². The number of fused-ring (bicyclic) bond motifs is 1. The fraction of sp³-hybridized carbons (Fsp3) is 0.462. The number of hydrogen-bond donors (Lipinski definition) is 3. The monoisotopic (exact) mass is 807 g/mol. The quantitative estimate of drug-likeness (QED) is 0.0755. The minimum atomic E-state index is -0.763. The molecule has 0 saturated heterocycles. The highest BCUT2D eigenvalue weighted by atomic mass is 16.5. The van der Waals surface area contributed by atoms with Gasteiger partial charge in [0.15, 0.2) is 11.5 Å². The van der Waals surface area contributed by atoms with E-state index in [0.717, 1.165) is 94.3 Å². The Morgan fingerprint density at radius 3 is 1.32 bits per heavy atom. The van der Waals surface area contributed by atoms with E-state index in [1.165, 1.54) is 33.4 Å². The number of furan rings is 2. The van der Waals surface area contributed by atoms with E-state index in [9.17, 15) is 24.9 Å². The molecule has 59 heavy (non-hydrogen) atoms. The van der Waals surface area contributed by atoms with Gasteiger partial charge in [0.05, 0.1) is 11.1 Å². The molecule has 0 aromatic carbocycles. The van der Waals surface area contributed by atoms with E-state index in [1.807, 2.05) is 26.0 Å². The third kappa shape index (κ3) is 15.9. The Labute approximate surface area is 353 Å². The fourth-order valence-electron chi connectivity index (χ4n) is 6.97. The fourth-order valence-corrected chi connectivity index (χ4v) is 6.97. The normalized spacial score (nSPS) is 14.5. The van der Waals surface area contributed by atoms with E-state index in [-0.39, 0.29) is 51.7 Å². The minimum absolute atomic E-state index is 0.0487. The smallest absolute Gasteiger partial charge is 0.294 e. The summed E-state index contributed by atoms with van der Waals surface area (Å²) in [6.45, 7) is 21.2. The molecule has 0 atom stereocenters. The van der Waals surface area contributed by atoms with E-state index in [1.54, 1.807) is 0 Å². The highest BCUT2D eigenvalue weighted by molar-refractivity contribution is 6.60. The number of rotatable bonds is 23. The number of ketones is 2. The SMILES string of the molecule is CC(C)=CCC/C(C)=C/CC/C(C)=C/CC/C(C)=C/CC1=c2oc(O)c(-c3oc(O)c(C/C=C(\C)CC/C=C(\C)CC/C=C(\C)CCC=C(C)C)c3O)c2=CC(=O)C1=O. The molecule has 3 N–H and O–H groups in total. The van der Waals surface area contributed by atoms with Gasteiger partial charge < -0.3 is 24.2 Å². The standard InChI is InChI=1S/C52H70O7/c1-34(2)17-11-19-36(5)21-13-23-38(7)25-15-27-40(9)29-31-42-47(54)45(53)33-44-46(52(57)58-49(42)44)50-48(55)43(51(56)59-50)32-30-41(10)28-16-26-39(8)24-14-22-37(6)20-12-18-35(3)4/h17-18,21-22,25-26,29-30,33,55-57H,11-16,19-20,23-24,27-28,31-32H2,1-10H3/b36-21+,37-22+,38-25+,39-26+,40-29+,41-30+.